The molecule has 0 saturated carbocycles. The number of hydrogen-bond donors (Lipinski definition) is 2. The molecule has 0 spiro atoms. The van der Waals surface area contributed by atoms with Gasteiger partial charge in [-0.3, -0.25) is 4.79 Å². The summed E-state index contributed by atoms with van der Waals surface area (Å²) in [5.74, 6) is 0.696. The summed E-state index contributed by atoms with van der Waals surface area (Å²) in [6, 6.07) is 7.54. The first kappa shape index (κ1) is 14.3. The molecule has 1 atom stereocenters. The Morgan fingerprint density at radius 2 is 2.35 bits per heavy atom. The van der Waals surface area contributed by atoms with Crippen LogP contribution in [0.15, 0.2) is 29.6 Å². The van der Waals surface area contributed by atoms with Crippen LogP contribution in [0.1, 0.15) is 24.2 Å². The Balaban J connectivity index is 1.96. The molecule has 0 saturated heterocycles. The number of rotatable bonds is 5. The van der Waals surface area contributed by atoms with Crippen molar-refractivity contribution in [3.05, 3.63) is 40.9 Å². The quantitative estimate of drug-likeness (QED) is 0.885. The van der Waals surface area contributed by atoms with Gasteiger partial charge in [0.05, 0.1) is 25.3 Å². The van der Waals surface area contributed by atoms with Gasteiger partial charge in [0.25, 0.3) is 0 Å². The molecule has 2 rings (SSSR count). The van der Waals surface area contributed by atoms with Crippen molar-refractivity contribution >= 4 is 22.4 Å². The molecular formula is C14H17N3O2S. The number of carbonyl (C=O) groups excluding carboxylic acids is 1. The molecule has 106 valence electrons. The van der Waals surface area contributed by atoms with E-state index >= 15 is 0 Å². The minimum Gasteiger partial charge on any atom is -0.497 e. The van der Waals surface area contributed by atoms with Crippen LogP contribution in [0.3, 0.4) is 0 Å². The summed E-state index contributed by atoms with van der Waals surface area (Å²) in [5.41, 5.74) is 7.23. The van der Waals surface area contributed by atoms with E-state index in [0.29, 0.717) is 10.8 Å². The van der Waals surface area contributed by atoms with Crippen LogP contribution < -0.4 is 15.8 Å². The third-order valence-electron chi connectivity index (χ3n) is 2.88. The third-order valence-corrected chi connectivity index (χ3v) is 3.61. The van der Waals surface area contributed by atoms with Gasteiger partial charge in [0.1, 0.15) is 5.75 Å². The lowest BCUT2D eigenvalue weighted by molar-refractivity contribution is -0.121. The van der Waals surface area contributed by atoms with Crippen molar-refractivity contribution in [2.45, 2.75) is 19.4 Å². The highest BCUT2D eigenvalue weighted by molar-refractivity contribution is 7.13. The molecule has 0 fully saturated rings. The first-order valence-electron chi connectivity index (χ1n) is 6.21. The maximum atomic E-state index is 11.9. The molecule has 1 aromatic heterocycles. The van der Waals surface area contributed by atoms with Crippen LogP contribution in [-0.4, -0.2) is 18.0 Å². The largest absolute Gasteiger partial charge is 0.497 e. The number of nitrogen functional groups attached to an aromatic ring is 1. The van der Waals surface area contributed by atoms with Crippen molar-refractivity contribution in [2.24, 2.45) is 0 Å². The van der Waals surface area contributed by atoms with Crippen LogP contribution in [0.25, 0.3) is 0 Å². The summed E-state index contributed by atoms with van der Waals surface area (Å²) in [6.07, 6.45) is 0.238. The van der Waals surface area contributed by atoms with Crippen molar-refractivity contribution in [3.8, 4) is 5.75 Å². The highest BCUT2D eigenvalue weighted by Crippen LogP contribution is 2.19. The number of ether oxygens (including phenoxy) is 1. The summed E-state index contributed by atoms with van der Waals surface area (Å²) in [6.45, 7) is 1.93. The molecule has 20 heavy (non-hydrogen) atoms. The average molecular weight is 291 g/mol. The fourth-order valence-corrected chi connectivity index (χ4v) is 2.42. The maximum absolute atomic E-state index is 11.9. The molecule has 1 amide bonds. The van der Waals surface area contributed by atoms with E-state index in [1.54, 1.807) is 12.5 Å². The summed E-state index contributed by atoms with van der Waals surface area (Å²) in [7, 11) is 1.62. The Morgan fingerprint density at radius 1 is 1.55 bits per heavy atom. The van der Waals surface area contributed by atoms with Crippen LogP contribution in [-0.2, 0) is 11.2 Å². The number of carbonyl (C=O) groups is 1. The lowest BCUT2D eigenvalue weighted by atomic mass is 10.1. The molecule has 5 nitrogen and oxygen atoms in total. The topological polar surface area (TPSA) is 77.2 Å². The van der Waals surface area contributed by atoms with E-state index < -0.39 is 0 Å². The first-order valence-corrected chi connectivity index (χ1v) is 7.09. The van der Waals surface area contributed by atoms with E-state index in [0.717, 1.165) is 11.3 Å². The highest BCUT2D eigenvalue weighted by Gasteiger charge is 2.12. The Hall–Kier alpha value is -2.08. The Morgan fingerprint density at radius 3 is 3.00 bits per heavy atom. The third kappa shape index (κ3) is 3.71. The zero-order valence-electron chi connectivity index (χ0n) is 11.4. The summed E-state index contributed by atoms with van der Waals surface area (Å²) in [4.78, 5) is 16.0. The van der Waals surface area contributed by atoms with E-state index in [9.17, 15) is 4.79 Å². The van der Waals surface area contributed by atoms with Gasteiger partial charge in [0.15, 0.2) is 5.13 Å². The fourth-order valence-electron chi connectivity index (χ4n) is 1.86. The zero-order valence-corrected chi connectivity index (χ0v) is 12.2. The number of hydrogen-bond acceptors (Lipinski definition) is 5. The molecule has 2 aromatic rings. The molecule has 0 unspecified atom stereocenters. The normalized spacial score (nSPS) is 11.9. The molecule has 0 aliphatic rings. The van der Waals surface area contributed by atoms with Gasteiger partial charge in [0, 0.05) is 5.38 Å². The van der Waals surface area contributed by atoms with E-state index in [1.807, 2.05) is 31.2 Å². The SMILES string of the molecule is COc1cccc([C@@H](C)NC(=O)Cc2csc(N)n2)c1. The summed E-state index contributed by atoms with van der Waals surface area (Å²) >= 11 is 1.34. The Labute approximate surface area is 121 Å². The first-order chi connectivity index (χ1) is 9.58. The number of methoxy groups -OCH3 is 1. The van der Waals surface area contributed by atoms with E-state index in [-0.39, 0.29) is 18.4 Å². The number of nitrogens with one attached hydrogen (secondary N) is 1. The molecule has 1 aromatic carbocycles. The number of nitrogens with two attached hydrogens (primary N) is 1. The predicted octanol–water partition coefficient (Wildman–Crippen LogP) is 2.15. The lowest BCUT2D eigenvalue weighted by Crippen LogP contribution is -2.28. The van der Waals surface area contributed by atoms with Crippen LogP contribution in [0, 0.1) is 0 Å². The van der Waals surface area contributed by atoms with E-state index in [2.05, 4.69) is 10.3 Å². The standard InChI is InChI=1S/C14H17N3O2S/c1-9(10-4-3-5-12(6-10)19-2)16-13(18)7-11-8-20-14(15)17-11/h3-6,8-9H,7H2,1-2H3,(H2,15,17)(H,16,18)/t9-/m1/s1. The number of amides is 1. The molecule has 6 heteroatoms. The fraction of sp³-hybridized carbons (Fsp3) is 0.286. The van der Waals surface area contributed by atoms with Gasteiger partial charge in [0.2, 0.25) is 5.91 Å². The second kappa shape index (κ2) is 6.38. The van der Waals surface area contributed by atoms with Gasteiger partial charge in [-0.25, -0.2) is 4.98 Å². The summed E-state index contributed by atoms with van der Waals surface area (Å²) in [5, 5.41) is 5.21. The van der Waals surface area contributed by atoms with Gasteiger partial charge in [-0.15, -0.1) is 11.3 Å². The summed E-state index contributed by atoms with van der Waals surface area (Å²) < 4.78 is 5.17. The minimum absolute atomic E-state index is 0.0781. The van der Waals surface area contributed by atoms with E-state index in [1.165, 1.54) is 11.3 Å². The van der Waals surface area contributed by atoms with Crippen LogP contribution in [0.5, 0.6) is 5.75 Å². The van der Waals surface area contributed by atoms with Gasteiger partial charge in [-0.1, -0.05) is 12.1 Å². The molecular weight excluding hydrogens is 274 g/mol. The van der Waals surface area contributed by atoms with Crippen molar-refractivity contribution < 1.29 is 9.53 Å². The number of nitrogens with zero attached hydrogens (tertiary/aromatic N) is 1. The van der Waals surface area contributed by atoms with Crippen molar-refractivity contribution in [3.63, 3.8) is 0 Å². The van der Waals surface area contributed by atoms with Crippen molar-refractivity contribution in [2.75, 3.05) is 12.8 Å². The molecule has 1 heterocycles. The molecule has 0 aliphatic heterocycles. The Bertz CT molecular complexity index is 598. The minimum atomic E-state index is -0.0893. The van der Waals surface area contributed by atoms with Crippen molar-refractivity contribution in [1.29, 1.82) is 0 Å². The van der Waals surface area contributed by atoms with E-state index in [4.69, 9.17) is 10.5 Å². The molecule has 0 radical (unpaired) electrons. The number of benzene rings is 1. The van der Waals surface area contributed by atoms with Crippen LogP contribution in [0.2, 0.25) is 0 Å². The number of thiazole rings is 1. The average Bonchev–Trinajstić information content (AvgIpc) is 2.83. The van der Waals surface area contributed by atoms with Crippen LogP contribution >= 0.6 is 11.3 Å². The van der Waals surface area contributed by atoms with Crippen LogP contribution in [0.4, 0.5) is 5.13 Å². The smallest absolute Gasteiger partial charge is 0.226 e. The number of aromatic nitrogens is 1. The molecule has 3 N–H and O–H groups in total. The van der Waals surface area contributed by atoms with Gasteiger partial charge in [-0.05, 0) is 24.6 Å². The van der Waals surface area contributed by atoms with Gasteiger partial charge >= 0.3 is 0 Å². The second-order valence-corrected chi connectivity index (χ2v) is 5.31. The lowest BCUT2D eigenvalue weighted by Gasteiger charge is -2.14. The highest BCUT2D eigenvalue weighted by atomic mass is 32.1. The monoisotopic (exact) mass is 291 g/mol. The predicted molar refractivity (Wildman–Crippen MR) is 79.8 cm³/mol. The molecule has 0 bridgehead atoms. The van der Waals surface area contributed by atoms with Crippen molar-refractivity contribution in [1.82, 2.24) is 10.3 Å². The van der Waals surface area contributed by atoms with Gasteiger partial charge in [-0.2, -0.15) is 0 Å². The zero-order chi connectivity index (χ0) is 14.5. The molecule has 0 aliphatic carbocycles. The number of anilines is 1. The Kier molecular flexibility index (Phi) is 4.57. The maximum Gasteiger partial charge on any atom is 0.226 e. The second-order valence-electron chi connectivity index (χ2n) is 4.42. The van der Waals surface area contributed by atoms with Gasteiger partial charge < -0.3 is 15.8 Å².